The smallest absolute Gasteiger partial charge is 0.350 e. The molecule has 0 unspecified atom stereocenters. The topological polar surface area (TPSA) is 74.4 Å². The molecule has 1 aromatic heterocycles. The lowest BCUT2D eigenvalue weighted by atomic mass is 10.2. The van der Waals surface area contributed by atoms with Crippen molar-refractivity contribution in [3.05, 3.63) is 15.6 Å². The molecule has 0 fully saturated rings. The summed E-state index contributed by atoms with van der Waals surface area (Å²) in [4.78, 5) is 16.5. The van der Waals surface area contributed by atoms with E-state index >= 15 is 0 Å². The predicted octanol–water partition coefficient (Wildman–Crippen LogP) is 1.36. The van der Waals surface area contributed by atoms with Crippen LogP contribution in [0.2, 0.25) is 0 Å². The standard InChI is InChI=1S/C11H18N2O3S/c1-15-7-8-10(11(14)16-2)17-9(13-8)5-3-4-6-12/h3-7,12H2,1-2H3. The second-order valence-corrected chi connectivity index (χ2v) is 4.64. The summed E-state index contributed by atoms with van der Waals surface area (Å²) in [5, 5.41) is 0.936. The molecule has 0 aliphatic carbocycles. The fourth-order valence-corrected chi connectivity index (χ4v) is 2.44. The van der Waals surface area contributed by atoms with Gasteiger partial charge in [0.05, 0.1) is 24.4 Å². The number of thiazole rings is 1. The number of esters is 1. The second kappa shape index (κ2) is 7.37. The molecule has 2 N–H and O–H groups in total. The molecule has 0 saturated carbocycles. The molecule has 1 heterocycles. The minimum atomic E-state index is -0.348. The molecule has 17 heavy (non-hydrogen) atoms. The number of carbonyl (C=O) groups is 1. The number of nitrogens with zero attached hydrogens (tertiary/aromatic N) is 1. The number of aryl methyl sites for hydroxylation is 1. The first-order valence-corrected chi connectivity index (χ1v) is 6.30. The third kappa shape index (κ3) is 4.07. The van der Waals surface area contributed by atoms with Gasteiger partial charge in [0.25, 0.3) is 0 Å². The van der Waals surface area contributed by atoms with E-state index in [0.29, 0.717) is 23.7 Å². The molecule has 0 aliphatic heterocycles. The molecule has 1 rings (SSSR count). The van der Waals surface area contributed by atoms with E-state index in [1.807, 2.05) is 0 Å². The van der Waals surface area contributed by atoms with Crippen molar-refractivity contribution in [1.82, 2.24) is 4.98 Å². The van der Waals surface area contributed by atoms with Crippen LogP contribution in [0, 0.1) is 0 Å². The zero-order valence-electron chi connectivity index (χ0n) is 10.2. The van der Waals surface area contributed by atoms with Crippen LogP contribution in [0.1, 0.15) is 33.2 Å². The molecular weight excluding hydrogens is 240 g/mol. The highest BCUT2D eigenvalue weighted by Gasteiger charge is 2.18. The van der Waals surface area contributed by atoms with Crippen molar-refractivity contribution in [2.45, 2.75) is 25.9 Å². The van der Waals surface area contributed by atoms with Gasteiger partial charge in [0, 0.05) is 7.11 Å². The summed E-state index contributed by atoms with van der Waals surface area (Å²) < 4.78 is 9.74. The van der Waals surface area contributed by atoms with Gasteiger partial charge in [0.1, 0.15) is 4.88 Å². The number of aromatic nitrogens is 1. The van der Waals surface area contributed by atoms with Crippen molar-refractivity contribution in [2.75, 3.05) is 20.8 Å². The van der Waals surface area contributed by atoms with E-state index in [2.05, 4.69) is 4.98 Å². The van der Waals surface area contributed by atoms with E-state index in [0.717, 1.165) is 24.3 Å². The Kier molecular flexibility index (Phi) is 6.10. The molecule has 1 aromatic rings. The van der Waals surface area contributed by atoms with Crippen LogP contribution in [0.15, 0.2) is 0 Å². The first kappa shape index (κ1) is 14.1. The number of nitrogens with two attached hydrogens (primary N) is 1. The summed E-state index contributed by atoms with van der Waals surface area (Å²) in [7, 11) is 2.95. The van der Waals surface area contributed by atoms with Gasteiger partial charge in [-0.2, -0.15) is 0 Å². The Hall–Kier alpha value is -0.980. The lowest BCUT2D eigenvalue weighted by molar-refractivity contribution is 0.0601. The molecule has 0 amide bonds. The number of hydrogen-bond donors (Lipinski definition) is 1. The lowest BCUT2D eigenvalue weighted by Gasteiger charge is -1.98. The van der Waals surface area contributed by atoms with E-state index in [1.54, 1.807) is 7.11 Å². The summed E-state index contributed by atoms with van der Waals surface area (Å²) in [6.45, 7) is 1.01. The number of hydrogen-bond acceptors (Lipinski definition) is 6. The average Bonchev–Trinajstić information content (AvgIpc) is 2.72. The van der Waals surface area contributed by atoms with Crippen molar-refractivity contribution >= 4 is 17.3 Å². The summed E-state index contributed by atoms with van der Waals surface area (Å²) in [6.07, 6.45) is 2.79. The van der Waals surface area contributed by atoms with Crippen LogP contribution in [-0.2, 0) is 22.5 Å². The maximum Gasteiger partial charge on any atom is 0.350 e. The summed E-state index contributed by atoms with van der Waals surface area (Å²) in [6, 6.07) is 0. The Morgan fingerprint density at radius 2 is 2.18 bits per heavy atom. The quantitative estimate of drug-likeness (QED) is 0.590. The summed E-state index contributed by atoms with van der Waals surface area (Å²) in [5.41, 5.74) is 6.09. The van der Waals surface area contributed by atoms with Crippen LogP contribution in [0.5, 0.6) is 0 Å². The van der Waals surface area contributed by atoms with E-state index in [9.17, 15) is 4.79 Å². The molecule has 5 nitrogen and oxygen atoms in total. The summed E-state index contributed by atoms with van der Waals surface area (Å²) >= 11 is 1.38. The van der Waals surface area contributed by atoms with Crippen LogP contribution in [0.4, 0.5) is 0 Å². The number of ether oxygens (including phenoxy) is 2. The average molecular weight is 258 g/mol. The molecule has 0 bridgehead atoms. The number of methoxy groups -OCH3 is 2. The van der Waals surface area contributed by atoms with Gasteiger partial charge in [-0.1, -0.05) is 0 Å². The van der Waals surface area contributed by atoms with Gasteiger partial charge in [-0.15, -0.1) is 11.3 Å². The molecule has 0 saturated heterocycles. The summed E-state index contributed by atoms with van der Waals surface area (Å²) in [5.74, 6) is -0.348. The number of carbonyl (C=O) groups excluding carboxylic acids is 1. The zero-order chi connectivity index (χ0) is 12.7. The van der Waals surface area contributed by atoms with Crippen molar-refractivity contribution < 1.29 is 14.3 Å². The third-order valence-corrected chi connectivity index (χ3v) is 3.38. The number of unbranched alkanes of at least 4 members (excludes halogenated alkanes) is 1. The number of rotatable bonds is 7. The Bertz CT molecular complexity index is 366. The van der Waals surface area contributed by atoms with Gasteiger partial charge in [-0.25, -0.2) is 9.78 Å². The van der Waals surface area contributed by atoms with E-state index in [-0.39, 0.29) is 5.97 Å². The molecule has 0 atom stereocenters. The molecule has 0 spiro atoms. The maximum absolute atomic E-state index is 11.5. The lowest BCUT2D eigenvalue weighted by Crippen LogP contribution is -2.03. The Balaban J connectivity index is 2.76. The van der Waals surface area contributed by atoms with Crippen LogP contribution in [0.3, 0.4) is 0 Å². The van der Waals surface area contributed by atoms with Gasteiger partial charge in [-0.3, -0.25) is 0 Å². The second-order valence-electron chi connectivity index (χ2n) is 3.55. The first-order valence-electron chi connectivity index (χ1n) is 5.48. The van der Waals surface area contributed by atoms with Crippen LogP contribution in [0.25, 0.3) is 0 Å². The van der Waals surface area contributed by atoms with Gasteiger partial charge in [0.15, 0.2) is 0 Å². The largest absolute Gasteiger partial charge is 0.465 e. The first-order chi connectivity index (χ1) is 8.22. The van der Waals surface area contributed by atoms with Crippen LogP contribution >= 0.6 is 11.3 Å². The SMILES string of the molecule is COCc1nc(CCCCN)sc1C(=O)OC. The molecule has 6 heteroatoms. The highest BCUT2D eigenvalue weighted by Crippen LogP contribution is 2.21. The molecule has 96 valence electrons. The monoisotopic (exact) mass is 258 g/mol. The molecule has 0 radical (unpaired) electrons. The highest BCUT2D eigenvalue weighted by molar-refractivity contribution is 7.13. The maximum atomic E-state index is 11.5. The third-order valence-electron chi connectivity index (χ3n) is 2.24. The van der Waals surface area contributed by atoms with Crippen molar-refractivity contribution in [1.29, 1.82) is 0 Å². The van der Waals surface area contributed by atoms with Crippen LogP contribution < -0.4 is 5.73 Å². The van der Waals surface area contributed by atoms with E-state index in [1.165, 1.54) is 18.4 Å². The van der Waals surface area contributed by atoms with Gasteiger partial charge >= 0.3 is 5.97 Å². The fraction of sp³-hybridized carbons (Fsp3) is 0.636. The Morgan fingerprint density at radius 3 is 2.76 bits per heavy atom. The normalized spacial score (nSPS) is 10.5. The fourth-order valence-electron chi connectivity index (χ4n) is 1.42. The molecule has 0 aromatic carbocycles. The van der Waals surface area contributed by atoms with Gasteiger partial charge < -0.3 is 15.2 Å². The van der Waals surface area contributed by atoms with E-state index in [4.69, 9.17) is 15.2 Å². The van der Waals surface area contributed by atoms with E-state index < -0.39 is 0 Å². The minimum Gasteiger partial charge on any atom is -0.465 e. The minimum absolute atomic E-state index is 0.331. The van der Waals surface area contributed by atoms with Crippen LogP contribution in [-0.4, -0.2) is 31.7 Å². The van der Waals surface area contributed by atoms with Gasteiger partial charge in [0.2, 0.25) is 0 Å². The Labute approximate surface area is 105 Å². The van der Waals surface area contributed by atoms with Crippen molar-refractivity contribution in [3.63, 3.8) is 0 Å². The molecule has 0 aliphatic rings. The Morgan fingerprint density at radius 1 is 1.41 bits per heavy atom. The molecular formula is C11H18N2O3S. The van der Waals surface area contributed by atoms with Crippen molar-refractivity contribution in [2.24, 2.45) is 5.73 Å². The highest BCUT2D eigenvalue weighted by atomic mass is 32.1. The predicted molar refractivity (Wildman–Crippen MR) is 66.2 cm³/mol. The zero-order valence-corrected chi connectivity index (χ0v) is 11.0. The van der Waals surface area contributed by atoms with Gasteiger partial charge in [-0.05, 0) is 25.8 Å². The van der Waals surface area contributed by atoms with Crippen molar-refractivity contribution in [3.8, 4) is 0 Å².